The van der Waals surface area contributed by atoms with E-state index in [0.29, 0.717) is 0 Å². The molecule has 2 rings (SSSR count). The van der Waals surface area contributed by atoms with E-state index in [1.165, 1.54) is 0 Å². The van der Waals surface area contributed by atoms with Crippen LogP contribution in [0.1, 0.15) is 24.1 Å². The second-order valence-corrected chi connectivity index (χ2v) is 4.09. The molecule has 0 saturated heterocycles. The highest BCUT2D eigenvalue weighted by atomic mass is 15.3. The molecule has 0 spiro atoms. The second-order valence-electron chi connectivity index (χ2n) is 4.09. The monoisotopic (exact) mass is 216 g/mol. The number of aryl methyl sites for hydroxylation is 1. The normalized spacial score (nSPS) is 14.7. The van der Waals surface area contributed by atoms with Crippen LogP contribution in [-0.4, -0.2) is 20.8 Å². The highest BCUT2D eigenvalue weighted by molar-refractivity contribution is 5.17. The van der Waals surface area contributed by atoms with Crippen LogP contribution in [0.15, 0.2) is 36.9 Å². The zero-order chi connectivity index (χ0) is 11.5. The van der Waals surface area contributed by atoms with Crippen LogP contribution < -0.4 is 5.73 Å². The molecule has 2 heterocycles. The molecule has 2 aromatic rings. The highest BCUT2D eigenvalue weighted by Gasteiger charge is 2.18. The lowest BCUT2D eigenvalue weighted by atomic mass is 10.0. The maximum absolute atomic E-state index is 6.02. The standard InChI is InChI=1S/C12H16N4/c1-9-6-15-16(8-9)12(10(2)13)11-4-3-5-14-7-11/h3-8,10,12H,13H2,1-2H3. The number of pyridine rings is 1. The maximum Gasteiger partial charge on any atom is 0.0931 e. The molecule has 4 heteroatoms. The lowest BCUT2D eigenvalue weighted by Crippen LogP contribution is -2.30. The van der Waals surface area contributed by atoms with Gasteiger partial charge in [0.05, 0.1) is 12.2 Å². The molecule has 84 valence electrons. The number of nitrogens with zero attached hydrogens (tertiary/aromatic N) is 3. The van der Waals surface area contributed by atoms with Gasteiger partial charge in [-0.25, -0.2) is 0 Å². The third-order valence-electron chi connectivity index (χ3n) is 2.54. The molecule has 0 aromatic carbocycles. The van der Waals surface area contributed by atoms with E-state index in [-0.39, 0.29) is 12.1 Å². The predicted molar refractivity (Wildman–Crippen MR) is 63.0 cm³/mol. The highest BCUT2D eigenvalue weighted by Crippen LogP contribution is 2.19. The Morgan fingerprint density at radius 1 is 1.38 bits per heavy atom. The molecule has 0 aliphatic carbocycles. The van der Waals surface area contributed by atoms with Gasteiger partial charge in [-0.15, -0.1) is 0 Å². The van der Waals surface area contributed by atoms with Crippen molar-refractivity contribution in [3.8, 4) is 0 Å². The molecule has 2 atom stereocenters. The van der Waals surface area contributed by atoms with Crippen molar-refractivity contribution in [2.45, 2.75) is 25.9 Å². The number of hydrogen-bond acceptors (Lipinski definition) is 3. The Hall–Kier alpha value is -1.68. The van der Waals surface area contributed by atoms with Gasteiger partial charge in [0.2, 0.25) is 0 Å². The first kappa shape index (κ1) is 10.8. The molecule has 0 bridgehead atoms. The topological polar surface area (TPSA) is 56.7 Å². The first-order valence-corrected chi connectivity index (χ1v) is 5.35. The van der Waals surface area contributed by atoms with E-state index in [0.717, 1.165) is 11.1 Å². The summed E-state index contributed by atoms with van der Waals surface area (Å²) in [5, 5.41) is 4.32. The van der Waals surface area contributed by atoms with E-state index in [2.05, 4.69) is 10.1 Å². The predicted octanol–water partition coefficient (Wildman–Crippen LogP) is 1.52. The minimum atomic E-state index is -0.0106. The summed E-state index contributed by atoms with van der Waals surface area (Å²) in [6, 6.07) is 3.98. The second kappa shape index (κ2) is 4.45. The van der Waals surface area contributed by atoms with Gasteiger partial charge in [-0.2, -0.15) is 5.10 Å². The summed E-state index contributed by atoms with van der Waals surface area (Å²) < 4.78 is 1.90. The molecule has 2 aromatic heterocycles. The first-order chi connectivity index (χ1) is 7.68. The fraction of sp³-hybridized carbons (Fsp3) is 0.333. The van der Waals surface area contributed by atoms with Crippen molar-refractivity contribution in [1.82, 2.24) is 14.8 Å². The van der Waals surface area contributed by atoms with Crippen molar-refractivity contribution in [3.63, 3.8) is 0 Å². The Kier molecular flexibility index (Phi) is 3.01. The fourth-order valence-corrected chi connectivity index (χ4v) is 1.83. The minimum Gasteiger partial charge on any atom is -0.326 e. The van der Waals surface area contributed by atoms with Crippen LogP contribution in [0.3, 0.4) is 0 Å². The van der Waals surface area contributed by atoms with Gasteiger partial charge in [-0.1, -0.05) is 6.07 Å². The third kappa shape index (κ3) is 2.12. The summed E-state index contributed by atoms with van der Waals surface area (Å²) in [6.07, 6.45) is 7.44. The fourth-order valence-electron chi connectivity index (χ4n) is 1.83. The summed E-state index contributed by atoms with van der Waals surface area (Å²) >= 11 is 0. The Morgan fingerprint density at radius 3 is 2.69 bits per heavy atom. The minimum absolute atomic E-state index is 0.0106. The Balaban J connectivity index is 2.39. The van der Waals surface area contributed by atoms with Crippen LogP contribution in [0.4, 0.5) is 0 Å². The van der Waals surface area contributed by atoms with E-state index in [1.807, 2.05) is 49.3 Å². The number of nitrogens with two attached hydrogens (primary N) is 1. The smallest absolute Gasteiger partial charge is 0.0931 e. The van der Waals surface area contributed by atoms with Crippen molar-refractivity contribution in [2.24, 2.45) is 5.73 Å². The summed E-state index contributed by atoms with van der Waals surface area (Å²) in [5.74, 6) is 0. The van der Waals surface area contributed by atoms with E-state index >= 15 is 0 Å². The molecule has 0 fully saturated rings. The summed E-state index contributed by atoms with van der Waals surface area (Å²) in [7, 11) is 0. The molecule has 0 amide bonds. The van der Waals surface area contributed by atoms with E-state index in [1.54, 1.807) is 6.20 Å². The summed E-state index contributed by atoms with van der Waals surface area (Å²) in [6.45, 7) is 4.00. The molecule has 16 heavy (non-hydrogen) atoms. The van der Waals surface area contributed by atoms with Gasteiger partial charge < -0.3 is 5.73 Å². The maximum atomic E-state index is 6.02. The summed E-state index contributed by atoms with van der Waals surface area (Å²) in [4.78, 5) is 4.12. The quantitative estimate of drug-likeness (QED) is 0.846. The SMILES string of the molecule is Cc1cnn(C(c2cccnc2)C(C)N)c1. The first-order valence-electron chi connectivity index (χ1n) is 5.35. The number of rotatable bonds is 3. The van der Waals surface area contributed by atoms with Gasteiger partial charge in [0, 0.05) is 24.6 Å². The van der Waals surface area contributed by atoms with Crippen molar-refractivity contribution in [2.75, 3.05) is 0 Å². The van der Waals surface area contributed by atoms with Crippen LogP contribution in [0.2, 0.25) is 0 Å². The molecular weight excluding hydrogens is 200 g/mol. The van der Waals surface area contributed by atoms with E-state index < -0.39 is 0 Å². The number of aromatic nitrogens is 3. The van der Waals surface area contributed by atoms with Crippen molar-refractivity contribution in [1.29, 1.82) is 0 Å². The largest absolute Gasteiger partial charge is 0.326 e. The van der Waals surface area contributed by atoms with Gasteiger partial charge in [-0.3, -0.25) is 9.67 Å². The molecule has 2 N–H and O–H groups in total. The van der Waals surface area contributed by atoms with Gasteiger partial charge >= 0.3 is 0 Å². The lowest BCUT2D eigenvalue weighted by Gasteiger charge is -2.21. The van der Waals surface area contributed by atoms with Crippen molar-refractivity contribution >= 4 is 0 Å². The summed E-state index contributed by atoms with van der Waals surface area (Å²) in [5.41, 5.74) is 8.24. The van der Waals surface area contributed by atoms with Crippen LogP contribution in [-0.2, 0) is 0 Å². The zero-order valence-electron chi connectivity index (χ0n) is 9.54. The van der Waals surface area contributed by atoms with Crippen molar-refractivity contribution in [3.05, 3.63) is 48.0 Å². The average molecular weight is 216 g/mol. The van der Waals surface area contributed by atoms with Crippen LogP contribution in [0.5, 0.6) is 0 Å². The van der Waals surface area contributed by atoms with Crippen LogP contribution in [0.25, 0.3) is 0 Å². The van der Waals surface area contributed by atoms with Crippen LogP contribution >= 0.6 is 0 Å². The van der Waals surface area contributed by atoms with Gasteiger partial charge in [0.15, 0.2) is 0 Å². The third-order valence-corrected chi connectivity index (χ3v) is 2.54. The molecule has 0 radical (unpaired) electrons. The Morgan fingerprint density at radius 2 is 2.19 bits per heavy atom. The van der Waals surface area contributed by atoms with E-state index in [4.69, 9.17) is 5.73 Å². The molecular formula is C12H16N4. The van der Waals surface area contributed by atoms with E-state index in [9.17, 15) is 0 Å². The van der Waals surface area contributed by atoms with Crippen LogP contribution in [0, 0.1) is 6.92 Å². The Bertz CT molecular complexity index is 447. The molecule has 0 aliphatic rings. The molecule has 4 nitrogen and oxygen atoms in total. The lowest BCUT2D eigenvalue weighted by molar-refractivity contribution is 0.452. The van der Waals surface area contributed by atoms with Gasteiger partial charge in [-0.05, 0) is 31.0 Å². The zero-order valence-corrected chi connectivity index (χ0v) is 9.54. The van der Waals surface area contributed by atoms with Gasteiger partial charge in [0.1, 0.15) is 0 Å². The molecule has 2 unspecified atom stereocenters. The number of hydrogen-bond donors (Lipinski definition) is 1. The average Bonchev–Trinajstić information content (AvgIpc) is 2.66. The Labute approximate surface area is 95.1 Å². The van der Waals surface area contributed by atoms with Gasteiger partial charge in [0.25, 0.3) is 0 Å². The van der Waals surface area contributed by atoms with Crippen molar-refractivity contribution < 1.29 is 0 Å². The molecule has 0 aliphatic heterocycles. The molecule has 0 saturated carbocycles.